The van der Waals surface area contributed by atoms with Gasteiger partial charge in [0.25, 0.3) is 0 Å². The predicted molar refractivity (Wildman–Crippen MR) is 68.7 cm³/mol. The summed E-state index contributed by atoms with van der Waals surface area (Å²) in [6, 6.07) is 0. The zero-order chi connectivity index (χ0) is 11.6. The van der Waals surface area contributed by atoms with Crippen LogP contribution in [0.3, 0.4) is 0 Å². The van der Waals surface area contributed by atoms with Gasteiger partial charge in [0, 0.05) is 0 Å². The number of carbonyl (C=O) groups is 2. The topological polar surface area (TPSA) is 74.6 Å². The number of carboxylic acid groups (broad SMARTS) is 2. The van der Waals surface area contributed by atoms with E-state index in [1.807, 2.05) is 13.8 Å². The number of hydrogen-bond acceptors (Lipinski definition) is 2. The van der Waals surface area contributed by atoms with Crippen LogP contribution >= 0.6 is 0 Å². The Morgan fingerprint density at radius 3 is 1.94 bits per heavy atom. The second-order valence-corrected chi connectivity index (χ2v) is 4.65. The molecule has 0 aliphatic heterocycles. The van der Waals surface area contributed by atoms with Gasteiger partial charge in [-0.25, -0.2) is 0 Å². The summed E-state index contributed by atoms with van der Waals surface area (Å²) < 4.78 is 0. The molecule has 0 saturated heterocycles. The molecular formula is C11H20Na2O4. The maximum absolute atomic E-state index is 11.1. The van der Waals surface area contributed by atoms with Crippen molar-refractivity contribution in [2.75, 3.05) is 0 Å². The molecule has 0 bridgehead atoms. The summed E-state index contributed by atoms with van der Waals surface area (Å²) >= 11 is 0. The van der Waals surface area contributed by atoms with E-state index in [2.05, 4.69) is 0 Å². The van der Waals surface area contributed by atoms with Crippen LogP contribution in [-0.2, 0) is 9.59 Å². The minimum atomic E-state index is -0.965. The Morgan fingerprint density at radius 1 is 1.06 bits per heavy atom. The Morgan fingerprint density at radius 2 is 1.59 bits per heavy atom. The van der Waals surface area contributed by atoms with Crippen LogP contribution in [0.5, 0.6) is 0 Å². The Bertz CT molecular complexity index is 268. The summed E-state index contributed by atoms with van der Waals surface area (Å²) in [6.45, 7) is 3.93. The monoisotopic (exact) mass is 262 g/mol. The normalized spacial score (nSPS) is 27.8. The summed E-state index contributed by atoms with van der Waals surface area (Å²) in [5, 5.41) is 18.1. The van der Waals surface area contributed by atoms with Gasteiger partial charge in [-0.3, -0.25) is 9.59 Å². The van der Waals surface area contributed by atoms with E-state index in [0.29, 0.717) is 6.42 Å². The molecule has 0 aromatic heterocycles. The van der Waals surface area contributed by atoms with Gasteiger partial charge in [0.1, 0.15) is 0 Å². The van der Waals surface area contributed by atoms with Crippen LogP contribution < -0.4 is 0 Å². The van der Waals surface area contributed by atoms with Crippen molar-refractivity contribution >= 4 is 71.1 Å². The molecule has 6 heteroatoms. The molecule has 3 unspecified atom stereocenters. The third kappa shape index (κ3) is 5.21. The second kappa shape index (κ2) is 8.94. The van der Waals surface area contributed by atoms with Crippen molar-refractivity contribution in [1.82, 2.24) is 0 Å². The molecule has 1 aliphatic rings. The zero-order valence-electron chi connectivity index (χ0n) is 9.14. The standard InChI is InChI=1S/C11H18O4.2Na.2H/c1-6(2)7-4-3-5-8(10(12)13)9(7)11(14)15;;;;/h6-9H,3-5H2,1-2H3,(H,12,13)(H,14,15);;;;. The first-order chi connectivity index (χ1) is 6.95. The van der Waals surface area contributed by atoms with Crippen LogP contribution in [0.4, 0.5) is 0 Å². The first kappa shape index (κ1) is 20.3. The fourth-order valence-electron chi connectivity index (χ4n) is 2.61. The fraction of sp³-hybridized carbons (Fsp3) is 0.818. The molecule has 1 saturated carbocycles. The quantitative estimate of drug-likeness (QED) is 0.728. The molecule has 1 rings (SSSR count). The van der Waals surface area contributed by atoms with Crippen molar-refractivity contribution in [3.63, 3.8) is 0 Å². The molecule has 0 amide bonds. The second-order valence-electron chi connectivity index (χ2n) is 4.65. The Balaban J connectivity index is 0. The van der Waals surface area contributed by atoms with E-state index in [4.69, 9.17) is 10.2 Å². The molecule has 0 aromatic carbocycles. The van der Waals surface area contributed by atoms with E-state index in [0.717, 1.165) is 12.8 Å². The zero-order valence-corrected chi connectivity index (χ0v) is 9.14. The number of hydrogen-bond donors (Lipinski definition) is 2. The molecule has 17 heavy (non-hydrogen) atoms. The number of rotatable bonds is 3. The Labute approximate surface area is 146 Å². The van der Waals surface area contributed by atoms with Crippen LogP contribution in [0, 0.1) is 23.7 Å². The molecule has 1 fully saturated rings. The van der Waals surface area contributed by atoms with Crippen LogP contribution in [-0.4, -0.2) is 81.3 Å². The first-order valence-electron chi connectivity index (χ1n) is 5.40. The average molecular weight is 262 g/mol. The predicted octanol–water partition coefficient (Wildman–Crippen LogP) is 0.547. The van der Waals surface area contributed by atoms with Crippen molar-refractivity contribution in [2.24, 2.45) is 23.7 Å². The van der Waals surface area contributed by atoms with Crippen molar-refractivity contribution in [3.05, 3.63) is 0 Å². The fourth-order valence-corrected chi connectivity index (χ4v) is 2.61. The van der Waals surface area contributed by atoms with Crippen molar-refractivity contribution in [2.45, 2.75) is 33.1 Å². The minimum absolute atomic E-state index is 0. The van der Waals surface area contributed by atoms with Gasteiger partial charge < -0.3 is 10.2 Å². The van der Waals surface area contributed by atoms with Gasteiger partial charge in [-0.15, -0.1) is 0 Å². The van der Waals surface area contributed by atoms with E-state index in [-0.39, 0.29) is 71.0 Å². The third-order valence-corrected chi connectivity index (χ3v) is 3.41. The summed E-state index contributed by atoms with van der Waals surface area (Å²) in [5.41, 5.74) is 0. The number of carboxylic acids is 2. The molecule has 4 nitrogen and oxygen atoms in total. The van der Waals surface area contributed by atoms with Gasteiger partial charge >= 0.3 is 71.1 Å². The molecule has 3 atom stereocenters. The SMILES string of the molecule is CC(C)C1CCCC(C(=O)O)C1C(=O)O.[NaH].[NaH]. The van der Waals surface area contributed by atoms with Gasteiger partial charge in [-0.1, -0.05) is 20.3 Å². The van der Waals surface area contributed by atoms with E-state index in [1.165, 1.54) is 0 Å². The van der Waals surface area contributed by atoms with Gasteiger partial charge in [0.15, 0.2) is 0 Å². The van der Waals surface area contributed by atoms with E-state index >= 15 is 0 Å². The Kier molecular flexibility index (Phi) is 10.7. The van der Waals surface area contributed by atoms with E-state index in [1.54, 1.807) is 0 Å². The van der Waals surface area contributed by atoms with Gasteiger partial charge in [-0.2, -0.15) is 0 Å². The molecule has 2 N–H and O–H groups in total. The Hall–Kier alpha value is 0.940. The summed E-state index contributed by atoms with van der Waals surface area (Å²) in [4.78, 5) is 22.1. The van der Waals surface area contributed by atoms with E-state index < -0.39 is 23.8 Å². The summed E-state index contributed by atoms with van der Waals surface area (Å²) in [5.74, 6) is -3.11. The average Bonchev–Trinajstić information content (AvgIpc) is 2.16. The van der Waals surface area contributed by atoms with Crippen molar-refractivity contribution in [3.8, 4) is 0 Å². The van der Waals surface area contributed by atoms with Gasteiger partial charge in [0.05, 0.1) is 11.8 Å². The van der Waals surface area contributed by atoms with Crippen LogP contribution in [0.2, 0.25) is 0 Å². The van der Waals surface area contributed by atoms with E-state index in [9.17, 15) is 9.59 Å². The molecule has 1 aliphatic carbocycles. The molecule has 0 spiro atoms. The summed E-state index contributed by atoms with van der Waals surface area (Å²) in [7, 11) is 0. The third-order valence-electron chi connectivity index (χ3n) is 3.41. The van der Waals surface area contributed by atoms with Crippen molar-refractivity contribution < 1.29 is 19.8 Å². The molecule has 0 aromatic rings. The molecule has 90 valence electrons. The first-order valence-corrected chi connectivity index (χ1v) is 5.40. The number of aliphatic carboxylic acids is 2. The van der Waals surface area contributed by atoms with Crippen LogP contribution in [0.25, 0.3) is 0 Å². The molecule has 0 heterocycles. The maximum atomic E-state index is 11.1. The summed E-state index contributed by atoms with van der Waals surface area (Å²) in [6.07, 6.45) is 2.15. The van der Waals surface area contributed by atoms with Gasteiger partial charge in [0.2, 0.25) is 0 Å². The van der Waals surface area contributed by atoms with Crippen LogP contribution in [0.15, 0.2) is 0 Å². The molecule has 0 radical (unpaired) electrons. The van der Waals surface area contributed by atoms with Crippen molar-refractivity contribution in [1.29, 1.82) is 0 Å². The van der Waals surface area contributed by atoms with Gasteiger partial charge in [-0.05, 0) is 24.7 Å². The molecular weight excluding hydrogens is 242 g/mol. The van der Waals surface area contributed by atoms with Crippen LogP contribution in [0.1, 0.15) is 33.1 Å².